The number of amides is 1. The smallest absolute Gasteiger partial charge is 0.335 e. The molecule has 21 heavy (non-hydrogen) atoms. The highest BCUT2D eigenvalue weighted by Gasteiger charge is 2.16. The van der Waals surface area contributed by atoms with Gasteiger partial charge in [-0.05, 0) is 55.3 Å². The van der Waals surface area contributed by atoms with E-state index in [1.54, 1.807) is 25.2 Å². The van der Waals surface area contributed by atoms with Crippen molar-refractivity contribution in [1.82, 2.24) is 0 Å². The molecular formula is C17H17NO3. The molecule has 0 atom stereocenters. The summed E-state index contributed by atoms with van der Waals surface area (Å²) in [7, 11) is 1.68. The quantitative estimate of drug-likeness (QED) is 0.940. The molecule has 0 heterocycles. The minimum absolute atomic E-state index is 0.112. The Hall–Kier alpha value is -2.62. The van der Waals surface area contributed by atoms with Crippen LogP contribution in [0.3, 0.4) is 0 Å². The van der Waals surface area contributed by atoms with Gasteiger partial charge in [-0.2, -0.15) is 0 Å². The molecule has 4 nitrogen and oxygen atoms in total. The first-order chi connectivity index (χ1) is 9.91. The van der Waals surface area contributed by atoms with Crippen LogP contribution in [0.15, 0.2) is 42.5 Å². The topological polar surface area (TPSA) is 57.6 Å². The van der Waals surface area contributed by atoms with Crippen LogP contribution < -0.4 is 4.90 Å². The molecule has 0 radical (unpaired) electrons. The third-order valence-electron chi connectivity index (χ3n) is 3.64. The Kier molecular flexibility index (Phi) is 4.08. The van der Waals surface area contributed by atoms with E-state index in [-0.39, 0.29) is 11.5 Å². The normalized spacial score (nSPS) is 10.2. The SMILES string of the molecule is Cc1cccc(C(=O)N(C)c2ccc(C(=O)O)cc2)c1C. The molecule has 1 N–H and O–H groups in total. The van der Waals surface area contributed by atoms with Crippen molar-refractivity contribution in [2.45, 2.75) is 13.8 Å². The number of hydrogen-bond acceptors (Lipinski definition) is 2. The summed E-state index contributed by atoms with van der Waals surface area (Å²) in [6, 6.07) is 11.9. The van der Waals surface area contributed by atoms with E-state index >= 15 is 0 Å². The Morgan fingerprint density at radius 2 is 1.62 bits per heavy atom. The van der Waals surface area contributed by atoms with Crippen molar-refractivity contribution < 1.29 is 14.7 Å². The molecule has 108 valence electrons. The molecule has 0 aliphatic carbocycles. The number of aryl methyl sites for hydroxylation is 1. The molecule has 0 unspecified atom stereocenters. The Balaban J connectivity index is 2.30. The zero-order valence-corrected chi connectivity index (χ0v) is 12.3. The fraction of sp³-hybridized carbons (Fsp3) is 0.176. The number of anilines is 1. The lowest BCUT2D eigenvalue weighted by molar-refractivity contribution is 0.0696. The third kappa shape index (κ3) is 2.94. The van der Waals surface area contributed by atoms with E-state index < -0.39 is 5.97 Å². The van der Waals surface area contributed by atoms with Crippen LogP contribution in [-0.2, 0) is 0 Å². The second kappa shape index (κ2) is 5.79. The number of carboxylic acid groups (broad SMARTS) is 1. The second-order valence-electron chi connectivity index (χ2n) is 4.96. The van der Waals surface area contributed by atoms with Gasteiger partial charge in [0.05, 0.1) is 5.56 Å². The summed E-state index contributed by atoms with van der Waals surface area (Å²) in [5, 5.41) is 8.89. The van der Waals surface area contributed by atoms with Gasteiger partial charge in [0.1, 0.15) is 0 Å². The monoisotopic (exact) mass is 283 g/mol. The van der Waals surface area contributed by atoms with Crippen molar-refractivity contribution in [3.8, 4) is 0 Å². The average molecular weight is 283 g/mol. The Labute approximate surface area is 123 Å². The molecule has 0 saturated carbocycles. The maximum absolute atomic E-state index is 12.5. The van der Waals surface area contributed by atoms with E-state index in [0.29, 0.717) is 11.3 Å². The number of hydrogen-bond donors (Lipinski definition) is 1. The van der Waals surface area contributed by atoms with Crippen molar-refractivity contribution in [3.63, 3.8) is 0 Å². The standard InChI is InChI=1S/C17H17NO3/c1-11-5-4-6-15(12(11)2)16(19)18(3)14-9-7-13(8-10-14)17(20)21/h4-10H,1-3H3,(H,20,21). The highest BCUT2D eigenvalue weighted by Crippen LogP contribution is 2.19. The molecule has 1 amide bonds. The highest BCUT2D eigenvalue weighted by molar-refractivity contribution is 6.07. The van der Waals surface area contributed by atoms with Gasteiger partial charge >= 0.3 is 5.97 Å². The van der Waals surface area contributed by atoms with Crippen molar-refractivity contribution >= 4 is 17.6 Å². The number of nitrogens with zero attached hydrogens (tertiary/aromatic N) is 1. The van der Waals surface area contributed by atoms with E-state index in [1.165, 1.54) is 17.0 Å². The fourth-order valence-electron chi connectivity index (χ4n) is 2.11. The number of carbonyl (C=O) groups excluding carboxylic acids is 1. The van der Waals surface area contributed by atoms with Crippen LogP contribution in [0, 0.1) is 13.8 Å². The van der Waals surface area contributed by atoms with Crippen molar-refractivity contribution in [1.29, 1.82) is 0 Å². The molecule has 2 aromatic rings. The van der Waals surface area contributed by atoms with Crippen molar-refractivity contribution in [2.24, 2.45) is 0 Å². The minimum atomic E-state index is -0.981. The molecule has 0 fully saturated rings. The van der Waals surface area contributed by atoms with Gasteiger partial charge in [0.25, 0.3) is 5.91 Å². The first kappa shape index (κ1) is 14.8. The number of benzene rings is 2. The van der Waals surface area contributed by atoms with E-state index in [4.69, 9.17) is 5.11 Å². The van der Waals surface area contributed by atoms with Gasteiger partial charge < -0.3 is 10.0 Å². The predicted molar refractivity (Wildman–Crippen MR) is 82.1 cm³/mol. The van der Waals surface area contributed by atoms with Gasteiger partial charge in [0.15, 0.2) is 0 Å². The van der Waals surface area contributed by atoms with Gasteiger partial charge in [0.2, 0.25) is 0 Å². The summed E-state index contributed by atoms with van der Waals surface area (Å²) < 4.78 is 0. The molecule has 0 aliphatic rings. The maximum Gasteiger partial charge on any atom is 0.335 e. The lowest BCUT2D eigenvalue weighted by Gasteiger charge is -2.19. The van der Waals surface area contributed by atoms with Crippen LogP contribution in [0.4, 0.5) is 5.69 Å². The highest BCUT2D eigenvalue weighted by atomic mass is 16.4. The molecule has 0 saturated heterocycles. The number of rotatable bonds is 3. The summed E-state index contributed by atoms with van der Waals surface area (Å²) in [5.41, 5.74) is 3.53. The van der Waals surface area contributed by atoms with E-state index in [2.05, 4.69) is 0 Å². The van der Waals surface area contributed by atoms with Gasteiger partial charge in [-0.25, -0.2) is 4.79 Å². The average Bonchev–Trinajstić information content (AvgIpc) is 2.48. The first-order valence-corrected chi connectivity index (χ1v) is 6.59. The van der Waals surface area contributed by atoms with Crippen LogP contribution in [0.5, 0.6) is 0 Å². The van der Waals surface area contributed by atoms with Crippen LogP contribution in [-0.4, -0.2) is 24.0 Å². The summed E-state index contributed by atoms with van der Waals surface area (Å²) in [4.78, 5) is 24.9. The number of carbonyl (C=O) groups is 2. The molecular weight excluding hydrogens is 266 g/mol. The molecule has 0 aliphatic heterocycles. The lowest BCUT2D eigenvalue weighted by atomic mass is 10.0. The third-order valence-corrected chi connectivity index (χ3v) is 3.64. The fourth-order valence-corrected chi connectivity index (χ4v) is 2.11. The molecule has 0 bridgehead atoms. The van der Waals surface area contributed by atoms with Gasteiger partial charge in [-0.3, -0.25) is 4.79 Å². The molecule has 4 heteroatoms. The second-order valence-corrected chi connectivity index (χ2v) is 4.96. The first-order valence-electron chi connectivity index (χ1n) is 6.59. The van der Waals surface area contributed by atoms with Crippen LogP contribution in [0.2, 0.25) is 0 Å². The molecule has 2 aromatic carbocycles. The van der Waals surface area contributed by atoms with Crippen molar-refractivity contribution in [3.05, 3.63) is 64.7 Å². The summed E-state index contributed by atoms with van der Waals surface area (Å²) in [6.45, 7) is 3.89. The minimum Gasteiger partial charge on any atom is -0.478 e. The largest absolute Gasteiger partial charge is 0.478 e. The van der Waals surface area contributed by atoms with Crippen LogP contribution in [0.1, 0.15) is 31.8 Å². The molecule has 0 spiro atoms. The van der Waals surface area contributed by atoms with Crippen molar-refractivity contribution in [2.75, 3.05) is 11.9 Å². The Bertz CT molecular complexity index is 690. The summed E-state index contributed by atoms with van der Waals surface area (Å²) >= 11 is 0. The number of carboxylic acids is 1. The van der Waals surface area contributed by atoms with E-state index in [9.17, 15) is 9.59 Å². The van der Waals surface area contributed by atoms with Gasteiger partial charge in [-0.1, -0.05) is 12.1 Å². The zero-order chi connectivity index (χ0) is 15.6. The van der Waals surface area contributed by atoms with Gasteiger partial charge in [-0.15, -0.1) is 0 Å². The summed E-state index contributed by atoms with van der Waals surface area (Å²) in [6.07, 6.45) is 0. The number of aromatic carboxylic acids is 1. The zero-order valence-electron chi connectivity index (χ0n) is 12.3. The van der Waals surface area contributed by atoms with E-state index in [1.807, 2.05) is 26.0 Å². The van der Waals surface area contributed by atoms with Crippen LogP contribution >= 0.6 is 0 Å². The molecule has 2 rings (SSSR count). The maximum atomic E-state index is 12.5. The predicted octanol–water partition coefficient (Wildman–Crippen LogP) is 3.28. The van der Waals surface area contributed by atoms with E-state index in [0.717, 1.165) is 11.1 Å². The lowest BCUT2D eigenvalue weighted by Crippen LogP contribution is -2.27. The Morgan fingerprint density at radius 3 is 2.19 bits per heavy atom. The molecule has 0 aromatic heterocycles. The summed E-state index contributed by atoms with van der Waals surface area (Å²) in [5.74, 6) is -1.09. The van der Waals surface area contributed by atoms with Gasteiger partial charge in [0, 0.05) is 18.3 Å². The van der Waals surface area contributed by atoms with Crippen LogP contribution in [0.25, 0.3) is 0 Å². The Morgan fingerprint density at radius 1 is 1.00 bits per heavy atom.